The van der Waals surface area contributed by atoms with Crippen molar-refractivity contribution in [3.8, 4) is 0 Å². The van der Waals surface area contributed by atoms with Crippen LogP contribution in [-0.4, -0.2) is 47.0 Å². The Morgan fingerprint density at radius 3 is 2.65 bits per heavy atom. The van der Waals surface area contributed by atoms with Crippen LogP contribution in [0.1, 0.15) is 16.8 Å². The zero-order valence-electron chi connectivity index (χ0n) is 15.3. The van der Waals surface area contributed by atoms with Crippen molar-refractivity contribution in [3.05, 3.63) is 59.4 Å². The van der Waals surface area contributed by atoms with Gasteiger partial charge in [-0.3, -0.25) is 4.79 Å². The van der Waals surface area contributed by atoms with Crippen LogP contribution in [0.15, 0.2) is 42.6 Å². The molecular weight excluding hydrogens is 324 g/mol. The quantitative estimate of drug-likeness (QED) is 0.791. The summed E-state index contributed by atoms with van der Waals surface area (Å²) < 4.78 is 0. The standard InChI is InChI=1S/C21H24N4O/c1-15-6-7-19-18(13-15)17(16(2)23-19)14-21(26)25-11-9-24(10-12-25)20-5-3-4-8-22-20/h3-8,13,23H,9-12,14H2,1-2H3. The number of hydrogen-bond acceptors (Lipinski definition) is 3. The molecule has 0 aliphatic carbocycles. The van der Waals surface area contributed by atoms with Crippen molar-refractivity contribution < 1.29 is 4.79 Å². The zero-order valence-corrected chi connectivity index (χ0v) is 15.3. The summed E-state index contributed by atoms with van der Waals surface area (Å²) in [6.45, 7) is 7.29. The molecule has 3 aromatic rings. The van der Waals surface area contributed by atoms with Crippen molar-refractivity contribution in [3.63, 3.8) is 0 Å². The zero-order chi connectivity index (χ0) is 18.1. The van der Waals surface area contributed by atoms with Crippen molar-refractivity contribution in [2.75, 3.05) is 31.1 Å². The van der Waals surface area contributed by atoms with Gasteiger partial charge >= 0.3 is 0 Å². The average Bonchev–Trinajstić information content (AvgIpc) is 2.97. The number of carbonyl (C=O) groups is 1. The van der Waals surface area contributed by atoms with E-state index in [1.807, 2.05) is 29.3 Å². The number of aromatic nitrogens is 2. The Labute approximate surface area is 153 Å². The Morgan fingerprint density at radius 2 is 1.92 bits per heavy atom. The fourth-order valence-electron chi connectivity index (χ4n) is 3.71. The van der Waals surface area contributed by atoms with E-state index >= 15 is 0 Å². The van der Waals surface area contributed by atoms with Crippen LogP contribution in [0.2, 0.25) is 0 Å². The molecule has 5 heteroatoms. The molecule has 1 aliphatic heterocycles. The van der Waals surface area contributed by atoms with Crippen LogP contribution in [0, 0.1) is 13.8 Å². The molecule has 0 radical (unpaired) electrons. The van der Waals surface area contributed by atoms with E-state index in [9.17, 15) is 4.79 Å². The molecule has 134 valence electrons. The highest BCUT2D eigenvalue weighted by atomic mass is 16.2. The highest BCUT2D eigenvalue weighted by Gasteiger charge is 2.23. The number of H-pyrrole nitrogens is 1. The molecule has 0 atom stereocenters. The number of amides is 1. The number of hydrogen-bond donors (Lipinski definition) is 1. The normalized spacial score (nSPS) is 14.8. The lowest BCUT2D eigenvalue weighted by molar-refractivity contribution is -0.130. The molecule has 3 heterocycles. The summed E-state index contributed by atoms with van der Waals surface area (Å²) in [6, 6.07) is 12.3. The van der Waals surface area contributed by atoms with E-state index in [2.05, 4.69) is 46.9 Å². The molecule has 1 aromatic carbocycles. The number of piperazine rings is 1. The molecular formula is C21H24N4O. The van der Waals surface area contributed by atoms with Gasteiger partial charge in [0.2, 0.25) is 5.91 Å². The second kappa shape index (κ2) is 6.83. The number of rotatable bonds is 3. The maximum Gasteiger partial charge on any atom is 0.227 e. The van der Waals surface area contributed by atoms with E-state index in [0.717, 1.165) is 48.8 Å². The Hall–Kier alpha value is -2.82. The van der Waals surface area contributed by atoms with Crippen molar-refractivity contribution >= 4 is 22.6 Å². The van der Waals surface area contributed by atoms with Crippen molar-refractivity contribution in [1.29, 1.82) is 0 Å². The Bertz CT molecular complexity index is 924. The molecule has 1 aliphatic rings. The summed E-state index contributed by atoms with van der Waals surface area (Å²) in [5, 5.41) is 1.17. The first-order valence-electron chi connectivity index (χ1n) is 9.13. The molecule has 0 bridgehead atoms. The highest BCUT2D eigenvalue weighted by Crippen LogP contribution is 2.24. The third-order valence-electron chi connectivity index (χ3n) is 5.21. The predicted octanol–water partition coefficient (Wildman–Crippen LogP) is 3.07. The minimum atomic E-state index is 0.205. The van der Waals surface area contributed by atoms with Gasteiger partial charge in [0.1, 0.15) is 5.82 Å². The van der Waals surface area contributed by atoms with Gasteiger partial charge in [-0.25, -0.2) is 4.98 Å². The summed E-state index contributed by atoms with van der Waals surface area (Å²) in [7, 11) is 0. The van der Waals surface area contributed by atoms with E-state index < -0.39 is 0 Å². The van der Waals surface area contributed by atoms with Crippen LogP contribution in [-0.2, 0) is 11.2 Å². The van der Waals surface area contributed by atoms with Crippen LogP contribution in [0.3, 0.4) is 0 Å². The number of aryl methyl sites for hydroxylation is 2. The van der Waals surface area contributed by atoms with Crippen LogP contribution < -0.4 is 4.90 Å². The summed E-state index contributed by atoms with van der Waals surface area (Å²) in [5.74, 6) is 1.19. The van der Waals surface area contributed by atoms with Gasteiger partial charge in [0.05, 0.1) is 6.42 Å². The third-order valence-corrected chi connectivity index (χ3v) is 5.21. The van der Waals surface area contributed by atoms with Crippen LogP contribution in [0.5, 0.6) is 0 Å². The fraction of sp³-hybridized carbons (Fsp3) is 0.333. The van der Waals surface area contributed by atoms with E-state index in [1.54, 1.807) is 0 Å². The Morgan fingerprint density at radius 1 is 1.12 bits per heavy atom. The van der Waals surface area contributed by atoms with Crippen molar-refractivity contribution in [1.82, 2.24) is 14.9 Å². The summed E-state index contributed by atoms with van der Waals surface area (Å²) in [5.41, 5.74) is 4.54. The lowest BCUT2D eigenvalue weighted by atomic mass is 10.0. The van der Waals surface area contributed by atoms with Gasteiger partial charge in [0.15, 0.2) is 0 Å². The van der Waals surface area contributed by atoms with Crippen LogP contribution >= 0.6 is 0 Å². The number of carbonyl (C=O) groups excluding carboxylic acids is 1. The molecule has 5 nitrogen and oxygen atoms in total. The fourth-order valence-corrected chi connectivity index (χ4v) is 3.71. The molecule has 1 fully saturated rings. The maximum absolute atomic E-state index is 12.9. The van der Waals surface area contributed by atoms with Gasteiger partial charge in [-0.05, 0) is 43.7 Å². The first kappa shape index (κ1) is 16.6. The highest BCUT2D eigenvalue weighted by molar-refractivity contribution is 5.90. The number of anilines is 1. The number of aromatic amines is 1. The molecule has 1 N–H and O–H groups in total. The van der Waals surface area contributed by atoms with Crippen LogP contribution in [0.25, 0.3) is 10.9 Å². The summed E-state index contributed by atoms with van der Waals surface area (Å²) >= 11 is 0. The monoisotopic (exact) mass is 348 g/mol. The SMILES string of the molecule is Cc1ccc2[nH]c(C)c(CC(=O)N3CCN(c4ccccn4)CC3)c2c1. The number of pyridine rings is 1. The Balaban J connectivity index is 1.45. The molecule has 0 saturated carbocycles. The van der Waals surface area contributed by atoms with Gasteiger partial charge in [-0.1, -0.05) is 17.7 Å². The van der Waals surface area contributed by atoms with Gasteiger partial charge in [-0.2, -0.15) is 0 Å². The number of nitrogens with one attached hydrogen (secondary N) is 1. The summed E-state index contributed by atoms with van der Waals surface area (Å²) in [4.78, 5) is 24.9. The second-order valence-corrected chi connectivity index (χ2v) is 7.01. The van der Waals surface area contributed by atoms with Gasteiger partial charge < -0.3 is 14.8 Å². The summed E-state index contributed by atoms with van der Waals surface area (Å²) in [6.07, 6.45) is 2.27. The lowest BCUT2D eigenvalue weighted by Gasteiger charge is -2.35. The van der Waals surface area contributed by atoms with Gasteiger partial charge in [-0.15, -0.1) is 0 Å². The van der Waals surface area contributed by atoms with Gasteiger partial charge in [0.25, 0.3) is 0 Å². The van der Waals surface area contributed by atoms with E-state index in [0.29, 0.717) is 6.42 Å². The lowest BCUT2D eigenvalue weighted by Crippen LogP contribution is -2.49. The second-order valence-electron chi connectivity index (χ2n) is 7.01. The van der Waals surface area contributed by atoms with E-state index in [4.69, 9.17) is 0 Å². The molecule has 0 spiro atoms. The number of benzene rings is 1. The molecule has 1 saturated heterocycles. The predicted molar refractivity (Wildman–Crippen MR) is 105 cm³/mol. The minimum absolute atomic E-state index is 0.205. The Kier molecular flexibility index (Phi) is 4.37. The largest absolute Gasteiger partial charge is 0.358 e. The topological polar surface area (TPSA) is 52.2 Å². The smallest absolute Gasteiger partial charge is 0.227 e. The van der Waals surface area contributed by atoms with Crippen LogP contribution in [0.4, 0.5) is 5.82 Å². The molecule has 4 rings (SSSR count). The number of nitrogens with zero attached hydrogens (tertiary/aromatic N) is 3. The third kappa shape index (κ3) is 3.17. The molecule has 0 unspecified atom stereocenters. The first-order valence-corrected chi connectivity index (χ1v) is 9.13. The molecule has 1 amide bonds. The maximum atomic E-state index is 12.9. The van der Waals surface area contributed by atoms with Gasteiger partial charge in [0, 0.05) is 49.0 Å². The first-order chi connectivity index (χ1) is 12.6. The van der Waals surface area contributed by atoms with Crippen molar-refractivity contribution in [2.24, 2.45) is 0 Å². The van der Waals surface area contributed by atoms with E-state index in [1.165, 1.54) is 10.9 Å². The molecule has 2 aromatic heterocycles. The number of fused-ring (bicyclic) bond motifs is 1. The van der Waals surface area contributed by atoms with E-state index in [-0.39, 0.29) is 5.91 Å². The molecule has 26 heavy (non-hydrogen) atoms. The average molecular weight is 348 g/mol. The minimum Gasteiger partial charge on any atom is -0.358 e. The van der Waals surface area contributed by atoms with Crippen molar-refractivity contribution in [2.45, 2.75) is 20.3 Å².